The van der Waals surface area contributed by atoms with E-state index in [1.807, 2.05) is 18.2 Å². The molecule has 0 radical (unpaired) electrons. The Balaban J connectivity index is 0.00000161. The lowest BCUT2D eigenvalue weighted by Crippen LogP contribution is -2.38. The molecule has 1 aliphatic heterocycles. The second-order valence-corrected chi connectivity index (χ2v) is 5.74. The number of methoxy groups -OCH3 is 1. The number of carbonyl (C=O) groups excluding carboxylic acids is 1. The van der Waals surface area contributed by atoms with Crippen molar-refractivity contribution >= 4 is 18.4 Å². The highest BCUT2D eigenvalue weighted by Gasteiger charge is 2.35. The maximum atomic E-state index is 11.6. The number of esters is 1. The summed E-state index contributed by atoms with van der Waals surface area (Å²) in [6.07, 6.45) is 3.85. The van der Waals surface area contributed by atoms with Crippen LogP contribution >= 0.6 is 12.4 Å². The number of nitrogens with zero attached hydrogens (tertiary/aromatic N) is 1. The Morgan fingerprint density at radius 3 is 2.76 bits per heavy atom. The van der Waals surface area contributed by atoms with Crippen molar-refractivity contribution < 1.29 is 9.53 Å². The van der Waals surface area contributed by atoms with E-state index >= 15 is 0 Å². The standard InChI is InChI=1S/C16H22N2O2.ClH/c1-20-16(19)13-4-2-3-12(9-13)11-18(14-5-6-14)15-7-8-17-10-15;/h2-4,9,14-15,17H,5-8,10-11H2,1H3;1H. The number of ether oxygens (including phenoxy) is 1. The van der Waals surface area contributed by atoms with E-state index in [9.17, 15) is 4.79 Å². The van der Waals surface area contributed by atoms with Gasteiger partial charge in [-0.05, 0) is 43.5 Å². The van der Waals surface area contributed by atoms with Gasteiger partial charge in [-0.1, -0.05) is 12.1 Å². The average Bonchev–Trinajstić information content (AvgIpc) is 3.18. The SMILES string of the molecule is COC(=O)c1cccc(CN(C2CC2)C2CCNC2)c1.Cl. The fraction of sp³-hybridized carbons (Fsp3) is 0.562. The normalized spacial score (nSPS) is 21.1. The molecule has 1 unspecified atom stereocenters. The zero-order chi connectivity index (χ0) is 13.9. The van der Waals surface area contributed by atoms with E-state index < -0.39 is 0 Å². The third kappa shape index (κ3) is 3.96. The molecule has 1 aliphatic carbocycles. The molecule has 21 heavy (non-hydrogen) atoms. The second-order valence-electron chi connectivity index (χ2n) is 5.74. The van der Waals surface area contributed by atoms with Gasteiger partial charge in [0.05, 0.1) is 12.7 Å². The van der Waals surface area contributed by atoms with Crippen LogP contribution in [-0.4, -0.2) is 43.2 Å². The van der Waals surface area contributed by atoms with Crippen LogP contribution in [-0.2, 0) is 11.3 Å². The number of halogens is 1. The summed E-state index contributed by atoms with van der Waals surface area (Å²) >= 11 is 0. The van der Waals surface area contributed by atoms with Crippen LogP contribution in [0.2, 0.25) is 0 Å². The Morgan fingerprint density at radius 1 is 1.33 bits per heavy atom. The molecular formula is C16H23ClN2O2. The minimum Gasteiger partial charge on any atom is -0.465 e. The van der Waals surface area contributed by atoms with Gasteiger partial charge in [0.2, 0.25) is 0 Å². The van der Waals surface area contributed by atoms with Gasteiger partial charge in [-0.15, -0.1) is 12.4 Å². The van der Waals surface area contributed by atoms with E-state index in [-0.39, 0.29) is 18.4 Å². The number of carbonyl (C=O) groups is 1. The quantitative estimate of drug-likeness (QED) is 0.847. The molecule has 1 atom stereocenters. The zero-order valence-corrected chi connectivity index (χ0v) is 13.2. The van der Waals surface area contributed by atoms with Crippen molar-refractivity contribution in [3.63, 3.8) is 0 Å². The Kier molecular flexibility index (Phi) is 5.62. The summed E-state index contributed by atoms with van der Waals surface area (Å²) in [5, 5.41) is 3.44. The van der Waals surface area contributed by atoms with Gasteiger partial charge in [-0.3, -0.25) is 4.90 Å². The van der Waals surface area contributed by atoms with E-state index in [0.29, 0.717) is 11.6 Å². The molecular weight excluding hydrogens is 288 g/mol. The highest BCUT2D eigenvalue weighted by molar-refractivity contribution is 5.89. The summed E-state index contributed by atoms with van der Waals surface area (Å²) < 4.78 is 4.79. The van der Waals surface area contributed by atoms with Gasteiger partial charge >= 0.3 is 5.97 Å². The van der Waals surface area contributed by atoms with Gasteiger partial charge in [0, 0.05) is 25.2 Å². The predicted molar refractivity (Wildman–Crippen MR) is 84.9 cm³/mol. The summed E-state index contributed by atoms with van der Waals surface area (Å²) in [5.74, 6) is -0.257. The molecule has 1 aromatic carbocycles. The molecule has 3 rings (SSSR count). The molecule has 0 amide bonds. The topological polar surface area (TPSA) is 41.6 Å². The molecule has 0 aromatic heterocycles. The highest BCUT2D eigenvalue weighted by atomic mass is 35.5. The van der Waals surface area contributed by atoms with Crippen molar-refractivity contribution in [2.24, 2.45) is 0 Å². The van der Waals surface area contributed by atoms with Gasteiger partial charge in [-0.2, -0.15) is 0 Å². The van der Waals surface area contributed by atoms with E-state index in [0.717, 1.165) is 25.7 Å². The van der Waals surface area contributed by atoms with Crippen molar-refractivity contribution in [2.45, 2.75) is 37.9 Å². The first kappa shape index (κ1) is 16.3. The molecule has 2 aliphatic rings. The summed E-state index contributed by atoms with van der Waals surface area (Å²) in [6, 6.07) is 9.20. The van der Waals surface area contributed by atoms with E-state index in [1.165, 1.54) is 31.9 Å². The Morgan fingerprint density at radius 2 is 2.14 bits per heavy atom. The van der Waals surface area contributed by atoms with Gasteiger partial charge in [0.15, 0.2) is 0 Å². The largest absolute Gasteiger partial charge is 0.465 e. The van der Waals surface area contributed by atoms with Crippen molar-refractivity contribution in [1.29, 1.82) is 0 Å². The zero-order valence-electron chi connectivity index (χ0n) is 12.4. The number of benzene rings is 1. The lowest BCUT2D eigenvalue weighted by Gasteiger charge is -2.28. The molecule has 0 bridgehead atoms. The molecule has 4 nitrogen and oxygen atoms in total. The van der Waals surface area contributed by atoms with Crippen molar-refractivity contribution in [1.82, 2.24) is 10.2 Å². The molecule has 2 fully saturated rings. The molecule has 1 N–H and O–H groups in total. The van der Waals surface area contributed by atoms with Crippen LogP contribution in [0.4, 0.5) is 0 Å². The molecule has 5 heteroatoms. The second kappa shape index (κ2) is 7.25. The number of rotatable bonds is 5. The lowest BCUT2D eigenvalue weighted by atomic mass is 10.1. The van der Waals surface area contributed by atoms with E-state index in [2.05, 4.69) is 16.3 Å². The van der Waals surface area contributed by atoms with Gasteiger partial charge < -0.3 is 10.1 Å². The Bertz CT molecular complexity index is 485. The van der Waals surface area contributed by atoms with Crippen molar-refractivity contribution in [3.8, 4) is 0 Å². The average molecular weight is 311 g/mol. The third-order valence-corrected chi connectivity index (χ3v) is 4.23. The van der Waals surface area contributed by atoms with Gasteiger partial charge in [0.25, 0.3) is 0 Å². The van der Waals surface area contributed by atoms with Crippen LogP contribution in [0.25, 0.3) is 0 Å². The maximum Gasteiger partial charge on any atom is 0.337 e. The maximum absolute atomic E-state index is 11.6. The van der Waals surface area contributed by atoms with Crippen molar-refractivity contribution in [2.75, 3.05) is 20.2 Å². The molecule has 1 saturated carbocycles. The predicted octanol–water partition coefficient (Wildman–Crippen LogP) is 2.22. The van der Waals surface area contributed by atoms with Crippen LogP contribution in [0.3, 0.4) is 0 Å². The summed E-state index contributed by atoms with van der Waals surface area (Å²) in [5.41, 5.74) is 1.84. The monoisotopic (exact) mass is 310 g/mol. The fourth-order valence-electron chi connectivity index (χ4n) is 3.01. The smallest absolute Gasteiger partial charge is 0.337 e. The van der Waals surface area contributed by atoms with E-state index in [4.69, 9.17) is 4.74 Å². The Labute approximate surface area is 132 Å². The first-order chi connectivity index (χ1) is 9.78. The third-order valence-electron chi connectivity index (χ3n) is 4.23. The van der Waals surface area contributed by atoms with Crippen LogP contribution in [0.1, 0.15) is 35.2 Å². The fourth-order valence-corrected chi connectivity index (χ4v) is 3.01. The van der Waals surface area contributed by atoms with Crippen LogP contribution < -0.4 is 5.32 Å². The molecule has 1 aromatic rings. The first-order valence-electron chi connectivity index (χ1n) is 7.41. The summed E-state index contributed by atoms with van der Waals surface area (Å²) in [4.78, 5) is 14.2. The Hall–Kier alpha value is -1.10. The molecule has 116 valence electrons. The number of hydrogen-bond acceptors (Lipinski definition) is 4. The summed E-state index contributed by atoms with van der Waals surface area (Å²) in [6.45, 7) is 3.14. The summed E-state index contributed by atoms with van der Waals surface area (Å²) in [7, 11) is 1.43. The first-order valence-corrected chi connectivity index (χ1v) is 7.41. The van der Waals surface area contributed by atoms with Crippen molar-refractivity contribution in [3.05, 3.63) is 35.4 Å². The highest BCUT2D eigenvalue weighted by Crippen LogP contribution is 2.31. The van der Waals surface area contributed by atoms with Gasteiger partial charge in [-0.25, -0.2) is 4.79 Å². The molecule has 0 spiro atoms. The molecule has 1 saturated heterocycles. The lowest BCUT2D eigenvalue weighted by molar-refractivity contribution is 0.0600. The van der Waals surface area contributed by atoms with Crippen LogP contribution in [0.5, 0.6) is 0 Å². The van der Waals surface area contributed by atoms with Crippen LogP contribution in [0, 0.1) is 0 Å². The molecule has 1 heterocycles. The van der Waals surface area contributed by atoms with Crippen LogP contribution in [0.15, 0.2) is 24.3 Å². The van der Waals surface area contributed by atoms with E-state index in [1.54, 1.807) is 0 Å². The minimum atomic E-state index is -0.257. The number of nitrogens with one attached hydrogen (secondary N) is 1. The van der Waals surface area contributed by atoms with Gasteiger partial charge in [0.1, 0.15) is 0 Å². The minimum absolute atomic E-state index is 0. The number of hydrogen-bond donors (Lipinski definition) is 1.